The largest absolute Gasteiger partial charge is 0.465 e. The van der Waals surface area contributed by atoms with Crippen molar-refractivity contribution in [3.05, 3.63) is 54.1 Å². The number of hydrogen-bond acceptors (Lipinski definition) is 5. The molecule has 0 unspecified atom stereocenters. The van der Waals surface area contributed by atoms with Gasteiger partial charge in [0, 0.05) is 5.56 Å². The molecule has 1 aliphatic heterocycles. The third-order valence-corrected chi connectivity index (χ3v) is 6.67. The van der Waals surface area contributed by atoms with Gasteiger partial charge in [-0.2, -0.15) is 13.2 Å². The minimum atomic E-state index is -4.82. The predicted molar refractivity (Wildman–Crippen MR) is 102 cm³/mol. The molecule has 4 nitrogen and oxygen atoms in total. The summed E-state index contributed by atoms with van der Waals surface area (Å²) in [7, 11) is 1.22. The van der Waals surface area contributed by atoms with Crippen molar-refractivity contribution < 1.29 is 27.5 Å². The molecule has 2 aromatic rings. The minimum absolute atomic E-state index is 0.0442. The number of esters is 1. The number of oxime groups is 1. The first-order valence-electron chi connectivity index (χ1n) is 7.66. The van der Waals surface area contributed by atoms with Crippen molar-refractivity contribution in [1.82, 2.24) is 0 Å². The van der Waals surface area contributed by atoms with Crippen molar-refractivity contribution in [3.8, 4) is 0 Å². The van der Waals surface area contributed by atoms with E-state index >= 15 is 0 Å². The Morgan fingerprint density at radius 1 is 1.25 bits per heavy atom. The van der Waals surface area contributed by atoms with E-state index in [0.29, 0.717) is 10.4 Å². The number of carbonyl (C=O) groups is 1. The summed E-state index contributed by atoms with van der Waals surface area (Å²) in [5.74, 6) is -0.577. The lowest BCUT2D eigenvalue weighted by Crippen LogP contribution is -2.42. The average Bonchev–Trinajstić information content (AvgIpc) is 3.23. The maximum Gasteiger partial charge on any atom is 0.435 e. The fraction of sp³-hybridized carbons (Fsp3) is 0.294. The summed E-state index contributed by atoms with van der Waals surface area (Å²) in [6, 6.07) is 3.68. The van der Waals surface area contributed by atoms with Gasteiger partial charge in [0.2, 0.25) is 0 Å². The molecule has 0 radical (unpaired) electrons. The summed E-state index contributed by atoms with van der Waals surface area (Å²) >= 11 is 18.6. The first-order chi connectivity index (χ1) is 13.0. The Balaban J connectivity index is 2.03. The molecule has 0 saturated carbocycles. The summed E-state index contributed by atoms with van der Waals surface area (Å²) in [6.07, 6.45) is -5.44. The van der Waals surface area contributed by atoms with Crippen LogP contribution >= 0.6 is 46.1 Å². The van der Waals surface area contributed by atoms with Crippen molar-refractivity contribution in [2.24, 2.45) is 5.16 Å². The summed E-state index contributed by atoms with van der Waals surface area (Å²) in [5.41, 5.74) is -2.48. The zero-order chi connectivity index (χ0) is 20.9. The maximum atomic E-state index is 14.0. The molecule has 28 heavy (non-hydrogen) atoms. The number of carbonyl (C=O) groups excluding carboxylic acids is 1. The Hall–Kier alpha value is -1.48. The van der Waals surface area contributed by atoms with Crippen LogP contribution in [0.5, 0.6) is 0 Å². The number of alkyl halides is 3. The van der Waals surface area contributed by atoms with Crippen molar-refractivity contribution >= 4 is 57.8 Å². The minimum Gasteiger partial charge on any atom is -0.465 e. The molecule has 1 aliphatic rings. The number of nitrogens with zero attached hydrogens (tertiary/aromatic N) is 1. The first-order valence-corrected chi connectivity index (χ1v) is 9.61. The number of halogens is 6. The van der Waals surface area contributed by atoms with Gasteiger partial charge in [-0.15, -0.1) is 11.3 Å². The molecule has 1 aromatic heterocycles. The van der Waals surface area contributed by atoms with Gasteiger partial charge < -0.3 is 9.57 Å². The van der Waals surface area contributed by atoms with Gasteiger partial charge >= 0.3 is 12.1 Å². The number of thiophene rings is 1. The average molecular weight is 473 g/mol. The SMILES string of the molecule is COC(=O)c1sc(C2=NO[C@](c3cc(Cl)c(Cl)c(Cl)c3)(C(F)(F)F)C2)cc1C. The lowest BCUT2D eigenvalue weighted by Gasteiger charge is -2.29. The molecule has 150 valence electrons. The fourth-order valence-electron chi connectivity index (χ4n) is 2.74. The molecule has 11 heteroatoms. The van der Waals surface area contributed by atoms with Gasteiger partial charge in [0.25, 0.3) is 5.60 Å². The highest BCUT2D eigenvalue weighted by molar-refractivity contribution is 7.16. The summed E-state index contributed by atoms with van der Waals surface area (Å²) < 4.78 is 46.8. The second-order valence-corrected chi connectivity index (χ2v) is 8.24. The number of methoxy groups -OCH3 is 1. The Bertz CT molecular complexity index is 967. The molecule has 2 heterocycles. The lowest BCUT2D eigenvalue weighted by molar-refractivity contribution is -0.275. The van der Waals surface area contributed by atoms with Crippen LogP contribution in [-0.4, -0.2) is 25.0 Å². The molecular weight excluding hydrogens is 462 g/mol. The van der Waals surface area contributed by atoms with E-state index in [2.05, 4.69) is 9.89 Å². The number of hydrogen-bond donors (Lipinski definition) is 0. The van der Waals surface area contributed by atoms with E-state index in [9.17, 15) is 18.0 Å². The van der Waals surface area contributed by atoms with Gasteiger partial charge in [-0.05, 0) is 30.7 Å². The first kappa shape index (κ1) is 21.2. The molecule has 0 N–H and O–H groups in total. The molecule has 0 fully saturated rings. The van der Waals surface area contributed by atoms with Gasteiger partial charge in [0.1, 0.15) is 10.6 Å². The van der Waals surface area contributed by atoms with Gasteiger partial charge in [0.15, 0.2) is 0 Å². The summed E-state index contributed by atoms with van der Waals surface area (Å²) in [4.78, 5) is 17.4. The van der Waals surface area contributed by atoms with Crippen LogP contribution in [0.25, 0.3) is 0 Å². The third-order valence-electron chi connectivity index (χ3n) is 4.21. The van der Waals surface area contributed by atoms with Gasteiger partial charge in [-0.25, -0.2) is 4.79 Å². The monoisotopic (exact) mass is 471 g/mol. The van der Waals surface area contributed by atoms with Crippen molar-refractivity contribution in [1.29, 1.82) is 0 Å². The van der Waals surface area contributed by atoms with E-state index in [-0.39, 0.29) is 31.2 Å². The van der Waals surface area contributed by atoms with Crippen LogP contribution in [0.2, 0.25) is 15.1 Å². The predicted octanol–water partition coefficient (Wildman–Crippen LogP) is 6.39. The Kier molecular flexibility index (Phi) is 5.62. The molecule has 0 spiro atoms. The van der Waals surface area contributed by atoms with E-state index < -0.39 is 24.2 Å². The smallest absolute Gasteiger partial charge is 0.435 e. The number of aryl methyl sites for hydroxylation is 1. The van der Waals surface area contributed by atoms with Crippen LogP contribution in [0.1, 0.15) is 32.1 Å². The molecule has 3 rings (SSSR count). The zero-order valence-electron chi connectivity index (χ0n) is 14.3. The van der Waals surface area contributed by atoms with Crippen molar-refractivity contribution in [2.75, 3.05) is 7.11 Å². The van der Waals surface area contributed by atoms with E-state index in [1.165, 1.54) is 7.11 Å². The van der Waals surface area contributed by atoms with Crippen molar-refractivity contribution in [3.63, 3.8) is 0 Å². The summed E-state index contributed by atoms with van der Waals surface area (Å²) in [5, 5.41) is 3.34. The van der Waals surface area contributed by atoms with Gasteiger partial charge in [-0.3, -0.25) is 0 Å². The highest BCUT2D eigenvalue weighted by Gasteiger charge is 2.62. The number of ether oxygens (including phenoxy) is 1. The van der Waals surface area contributed by atoms with Crippen molar-refractivity contribution in [2.45, 2.75) is 25.1 Å². The van der Waals surface area contributed by atoms with Crippen LogP contribution in [0, 0.1) is 6.92 Å². The highest BCUT2D eigenvalue weighted by atomic mass is 35.5. The van der Waals surface area contributed by atoms with E-state index in [1.807, 2.05) is 0 Å². The molecule has 0 amide bonds. The van der Waals surface area contributed by atoms with Crippen LogP contribution in [0.4, 0.5) is 13.2 Å². The van der Waals surface area contributed by atoms with E-state index in [4.69, 9.17) is 39.6 Å². The summed E-state index contributed by atoms with van der Waals surface area (Å²) in [6.45, 7) is 1.65. The van der Waals surface area contributed by atoms with E-state index in [0.717, 1.165) is 23.5 Å². The molecule has 0 bridgehead atoms. The molecule has 1 aromatic carbocycles. The quantitative estimate of drug-likeness (QED) is 0.384. The molecule has 0 aliphatic carbocycles. The topological polar surface area (TPSA) is 47.9 Å². The second kappa shape index (κ2) is 7.40. The van der Waals surface area contributed by atoms with Gasteiger partial charge in [0.05, 0.1) is 33.5 Å². The molecule has 1 atom stereocenters. The zero-order valence-corrected chi connectivity index (χ0v) is 17.4. The second-order valence-electron chi connectivity index (χ2n) is 6.00. The standard InChI is InChI=1S/C17H11Cl3F3NO3S/c1-7-3-12(28-14(7)15(25)26-2)11-6-16(27-24-11,17(21,22)23)8-4-9(18)13(20)10(19)5-8/h3-5H,6H2,1-2H3/t16-/m1/s1. The molecule has 0 saturated heterocycles. The third kappa shape index (κ3) is 3.47. The number of benzene rings is 1. The lowest BCUT2D eigenvalue weighted by atomic mass is 9.88. The Labute approximate surface area is 176 Å². The fourth-order valence-corrected chi connectivity index (χ4v) is 4.41. The Morgan fingerprint density at radius 3 is 2.39 bits per heavy atom. The van der Waals surface area contributed by atoms with Crippen LogP contribution in [0.15, 0.2) is 23.4 Å². The Morgan fingerprint density at radius 2 is 1.86 bits per heavy atom. The number of rotatable bonds is 3. The van der Waals surface area contributed by atoms with Gasteiger partial charge in [-0.1, -0.05) is 40.0 Å². The van der Waals surface area contributed by atoms with E-state index in [1.54, 1.807) is 13.0 Å². The maximum absolute atomic E-state index is 14.0. The van der Waals surface area contributed by atoms with Crippen LogP contribution in [-0.2, 0) is 15.2 Å². The normalized spacial score (nSPS) is 19.4. The van der Waals surface area contributed by atoms with Crippen LogP contribution in [0.3, 0.4) is 0 Å². The highest BCUT2D eigenvalue weighted by Crippen LogP contribution is 2.51. The van der Waals surface area contributed by atoms with Crippen LogP contribution < -0.4 is 0 Å². The molecular formula is C17H11Cl3F3NO3S.